The van der Waals surface area contributed by atoms with Crippen molar-refractivity contribution in [2.75, 3.05) is 0 Å². The number of ether oxygens (including phenoxy) is 1. The van der Waals surface area contributed by atoms with Crippen molar-refractivity contribution >= 4 is 40.7 Å². The number of nitro groups is 1. The highest BCUT2D eigenvalue weighted by Gasteiger charge is 2.52. The molecule has 2 N–H and O–H groups in total. The van der Waals surface area contributed by atoms with Gasteiger partial charge in [-0.15, -0.1) is 0 Å². The number of benzene rings is 1. The lowest BCUT2D eigenvalue weighted by molar-refractivity contribution is -0.385. The molecule has 128 valence electrons. The molecule has 2 aliphatic heterocycles. The van der Waals surface area contributed by atoms with Gasteiger partial charge in [-0.2, -0.15) is 0 Å². The SMILES string of the molecule is O=C1Oc2ccc([N+](=O)[O-])cc2[C@@H]2c3sc(=O)[nH]c3S[C@H](C(=O)O)[C@H]12. The Hall–Kier alpha value is -2.66. The number of carboxylic acid groups (broad SMARTS) is 1. The van der Waals surface area contributed by atoms with Gasteiger partial charge < -0.3 is 14.8 Å². The van der Waals surface area contributed by atoms with Gasteiger partial charge in [0.05, 0.1) is 15.9 Å². The summed E-state index contributed by atoms with van der Waals surface area (Å²) in [5.74, 6) is -3.66. The van der Waals surface area contributed by atoms with Crippen LogP contribution < -0.4 is 9.61 Å². The van der Waals surface area contributed by atoms with Crippen LogP contribution in [0.4, 0.5) is 5.69 Å². The number of carbonyl (C=O) groups is 2. The maximum Gasteiger partial charge on any atom is 0.317 e. The number of nitro benzene ring substituents is 1. The van der Waals surface area contributed by atoms with Crippen molar-refractivity contribution in [2.45, 2.75) is 16.2 Å². The predicted octanol–water partition coefficient (Wildman–Crippen LogP) is 1.57. The number of nitrogens with one attached hydrogen (secondary N) is 1. The Morgan fingerprint density at radius 2 is 2.12 bits per heavy atom. The molecule has 1 aromatic heterocycles. The molecule has 0 amide bonds. The fourth-order valence-corrected chi connectivity index (χ4v) is 5.51. The molecule has 2 aromatic rings. The number of aromatic amines is 1. The Bertz CT molecular complexity index is 995. The van der Waals surface area contributed by atoms with Crippen LogP contribution >= 0.6 is 23.1 Å². The first-order chi connectivity index (χ1) is 11.9. The molecule has 0 bridgehead atoms. The molecule has 11 heteroatoms. The van der Waals surface area contributed by atoms with Gasteiger partial charge in [0.2, 0.25) is 0 Å². The second kappa shape index (κ2) is 5.43. The minimum atomic E-state index is -1.22. The molecule has 25 heavy (non-hydrogen) atoms. The van der Waals surface area contributed by atoms with Crippen molar-refractivity contribution in [3.63, 3.8) is 0 Å². The van der Waals surface area contributed by atoms with Crippen LogP contribution in [0.3, 0.4) is 0 Å². The summed E-state index contributed by atoms with van der Waals surface area (Å²) >= 11 is 1.75. The van der Waals surface area contributed by atoms with E-state index in [1.807, 2.05) is 0 Å². The molecule has 0 aliphatic carbocycles. The van der Waals surface area contributed by atoms with Gasteiger partial charge >= 0.3 is 16.8 Å². The van der Waals surface area contributed by atoms with Crippen LogP contribution in [0.15, 0.2) is 28.0 Å². The summed E-state index contributed by atoms with van der Waals surface area (Å²) in [4.78, 5) is 49.0. The molecule has 0 spiro atoms. The number of fused-ring (bicyclic) bond motifs is 5. The number of carbonyl (C=O) groups excluding carboxylic acids is 1. The van der Waals surface area contributed by atoms with E-state index in [2.05, 4.69) is 4.98 Å². The van der Waals surface area contributed by atoms with Crippen molar-refractivity contribution in [3.8, 4) is 5.75 Å². The number of aromatic nitrogens is 1. The number of non-ortho nitro benzene ring substituents is 1. The van der Waals surface area contributed by atoms with Gasteiger partial charge in [0, 0.05) is 28.5 Å². The highest BCUT2D eigenvalue weighted by Crippen LogP contribution is 2.53. The third-order valence-corrected chi connectivity index (χ3v) is 6.52. The lowest BCUT2D eigenvalue weighted by Gasteiger charge is -2.37. The second-order valence-corrected chi connectivity index (χ2v) is 7.65. The van der Waals surface area contributed by atoms with Crippen molar-refractivity contribution in [1.29, 1.82) is 0 Å². The van der Waals surface area contributed by atoms with Gasteiger partial charge in [-0.3, -0.25) is 24.5 Å². The van der Waals surface area contributed by atoms with Gasteiger partial charge in [-0.05, 0) is 6.07 Å². The van der Waals surface area contributed by atoms with E-state index >= 15 is 0 Å². The van der Waals surface area contributed by atoms with Crippen LogP contribution in [0.5, 0.6) is 5.75 Å². The van der Waals surface area contributed by atoms with Crippen molar-refractivity contribution < 1.29 is 24.4 Å². The van der Waals surface area contributed by atoms with Crippen molar-refractivity contribution in [1.82, 2.24) is 4.98 Å². The molecule has 1 aromatic carbocycles. The van der Waals surface area contributed by atoms with Crippen LogP contribution in [0, 0.1) is 16.0 Å². The number of carboxylic acids is 1. The van der Waals surface area contributed by atoms with E-state index in [1.54, 1.807) is 0 Å². The Morgan fingerprint density at radius 1 is 1.36 bits per heavy atom. The van der Waals surface area contributed by atoms with E-state index in [0.717, 1.165) is 23.1 Å². The number of aliphatic carboxylic acids is 1. The Morgan fingerprint density at radius 3 is 2.80 bits per heavy atom. The second-order valence-electron chi connectivity index (χ2n) is 5.49. The first-order valence-corrected chi connectivity index (χ1v) is 8.69. The molecule has 0 fully saturated rings. The predicted molar refractivity (Wildman–Crippen MR) is 86.3 cm³/mol. The standard InChI is InChI=1S/C14H8N2O7S2/c17-12(18)10-8-7(9-11(24-10)15-14(20)25-9)5-3-4(16(21)22)1-2-6(5)23-13(8)19/h1-3,7-8,10H,(H,15,20)(H,17,18)/t7-,8+,10-/m0/s1. The molecule has 3 heterocycles. The molecule has 0 radical (unpaired) electrons. The van der Waals surface area contributed by atoms with Crippen LogP contribution in [0.1, 0.15) is 16.4 Å². The molecule has 9 nitrogen and oxygen atoms in total. The smallest absolute Gasteiger partial charge is 0.317 e. The van der Waals surface area contributed by atoms with Crippen LogP contribution in [0.25, 0.3) is 0 Å². The van der Waals surface area contributed by atoms with Gasteiger partial charge in [-0.1, -0.05) is 23.1 Å². The van der Waals surface area contributed by atoms with E-state index in [1.165, 1.54) is 18.2 Å². The Balaban J connectivity index is 1.98. The fraction of sp³-hybridized carbons (Fsp3) is 0.214. The number of hydrogen-bond acceptors (Lipinski definition) is 8. The first kappa shape index (κ1) is 15.8. The molecular formula is C14H8N2O7S2. The van der Waals surface area contributed by atoms with E-state index in [9.17, 15) is 29.6 Å². The number of rotatable bonds is 2. The molecule has 2 aliphatic rings. The first-order valence-electron chi connectivity index (χ1n) is 6.99. The van der Waals surface area contributed by atoms with Crippen LogP contribution in [-0.4, -0.2) is 32.2 Å². The largest absolute Gasteiger partial charge is 0.480 e. The lowest BCUT2D eigenvalue weighted by Crippen LogP contribution is -2.44. The average molecular weight is 380 g/mol. The van der Waals surface area contributed by atoms with Gasteiger partial charge in [-0.25, -0.2) is 0 Å². The number of thioether (sulfide) groups is 1. The lowest BCUT2D eigenvalue weighted by atomic mass is 9.80. The van der Waals surface area contributed by atoms with Gasteiger partial charge in [0.25, 0.3) is 5.69 Å². The van der Waals surface area contributed by atoms with Crippen LogP contribution in [0.2, 0.25) is 0 Å². The molecular weight excluding hydrogens is 372 g/mol. The van der Waals surface area contributed by atoms with Crippen molar-refractivity contribution in [3.05, 3.63) is 48.4 Å². The molecule has 0 saturated carbocycles. The van der Waals surface area contributed by atoms with E-state index in [4.69, 9.17) is 4.74 Å². The number of thiazole rings is 1. The number of H-pyrrole nitrogens is 1. The zero-order valence-electron chi connectivity index (χ0n) is 12.1. The summed E-state index contributed by atoms with van der Waals surface area (Å²) in [6.45, 7) is 0. The fourth-order valence-electron chi connectivity index (χ4n) is 3.12. The summed E-state index contributed by atoms with van der Waals surface area (Å²) in [5.41, 5.74) is 0.131. The molecule has 0 saturated heterocycles. The minimum absolute atomic E-state index is 0.139. The molecule has 3 atom stereocenters. The Kier molecular flexibility index (Phi) is 3.44. The van der Waals surface area contributed by atoms with E-state index in [0.29, 0.717) is 15.5 Å². The summed E-state index contributed by atoms with van der Waals surface area (Å²) in [6.07, 6.45) is 0. The zero-order valence-corrected chi connectivity index (χ0v) is 13.8. The summed E-state index contributed by atoms with van der Waals surface area (Å²) in [6, 6.07) is 3.79. The van der Waals surface area contributed by atoms with Gasteiger partial charge in [0.15, 0.2) is 0 Å². The third kappa shape index (κ3) is 2.35. The highest BCUT2D eigenvalue weighted by atomic mass is 32.2. The normalized spacial score (nSPS) is 23.8. The monoisotopic (exact) mass is 380 g/mol. The van der Waals surface area contributed by atoms with E-state index in [-0.39, 0.29) is 16.3 Å². The summed E-state index contributed by atoms with van der Waals surface area (Å²) in [7, 11) is 0. The quantitative estimate of drug-likeness (QED) is 0.346. The van der Waals surface area contributed by atoms with E-state index < -0.39 is 33.9 Å². The maximum atomic E-state index is 12.4. The number of hydrogen-bond donors (Lipinski definition) is 2. The van der Waals surface area contributed by atoms with Crippen LogP contribution in [-0.2, 0) is 9.59 Å². The van der Waals surface area contributed by atoms with Crippen molar-refractivity contribution in [2.24, 2.45) is 5.92 Å². The molecule has 4 rings (SSSR count). The third-order valence-electron chi connectivity index (χ3n) is 4.12. The molecule has 0 unspecified atom stereocenters. The summed E-state index contributed by atoms with van der Waals surface area (Å²) < 4.78 is 5.22. The maximum absolute atomic E-state index is 12.4. The number of esters is 1. The van der Waals surface area contributed by atoms with Gasteiger partial charge in [0.1, 0.15) is 11.0 Å². The minimum Gasteiger partial charge on any atom is -0.480 e. The summed E-state index contributed by atoms with van der Waals surface area (Å²) in [5, 5.41) is 19.8. The highest BCUT2D eigenvalue weighted by molar-refractivity contribution is 8.00. The number of nitrogens with zero attached hydrogens (tertiary/aromatic N) is 1. The average Bonchev–Trinajstić information content (AvgIpc) is 2.93. The zero-order chi connectivity index (χ0) is 17.9. The Labute approximate surface area is 146 Å². The topological polar surface area (TPSA) is 140 Å².